The standard InChI is InChI=1S/C13H19N3O/c1-13(2)5-3-11(4-6-13)16-12(17)10-7-14-9-15-8-10/h7-9,11H,3-6H2,1-2H3,(H,16,17). The first-order valence-corrected chi connectivity index (χ1v) is 6.13. The molecule has 2 rings (SSSR count). The Hall–Kier alpha value is -1.45. The molecule has 1 amide bonds. The molecule has 0 atom stereocenters. The Labute approximate surface area is 102 Å². The van der Waals surface area contributed by atoms with Crippen molar-refractivity contribution in [2.75, 3.05) is 0 Å². The number of carbonyl (C=O) groups excluding carboxylic acids is 1. The fourth-order valence-electron chi connectivity index (χ4n) is 2.23. The lowest BCUT2D eigenvalue weighted by Crippen LogP contribution is -2.39. The normalized spacial score (nSPS) is 19.9. The van der Waals surface area contributed by atoms with Crippen molar-refractivity contribution in [3.8, 4) is 0 Å². The Morgan fingerprint density at radius 1 is 1.29 bits per heavy atom. The lowest BCUT2D eigenvalue weighted by Gasteiger charge is -2.34. The van der Waals surface area contributed by atoms with Crippen LogP contribution in [-0.4, -0.2) is 21.9 Å². The summed E-state index contributed by atoms with van der Waals surface area (Å²) in [6, 6.07) is 0.302. The molecule has 0 aromatic carbocycles. The zero-order chi connectivity index (χ0) is 12.3. The van der Waals surface area contributed by atoms with Crippen LogP contribution < -0.4 is 5.32 Å². The number of nitrogens with zero attached hydrogens (tertiary/aromatic N) is 2. The molecule has 1 heterocycles. The van der Waals surface area contributed by atoms with Gasteiger partial charge in [-0.1, -0.05) is 13.8 Å². The van der Waals surface area contributed by atoms with E-state index < -0.39 is 0 Å². The fraction of sp³-hybridized carbons (Fsp3) is 0.615. The maximum Gasteiger partial charge on any atom is 0.254 e. The Bertz CT molecular complexity index is 379. The first-order valence-electron chi connectivity index (χ1n) is 6.13. The quantitative estimate of drug-likeness (QED) is 0.851. The highest BCUT2D eigenvalue weighted by atomic mass is 16.1. The summed E-state index contributed by atoms with van der Waals surface area (Å²) in [7, 11) is 0. The molecule has 1 aliphatic carbocycles. The molecule has 92 valence electrons. The van der Waals surface area contributed by atoms with Crippen molar-refractivity contribution in [3.05, 3.63) is 24.3 Å². The van der Waals surface area contributed by atoms with Gasteiger partial charge in [-0.05, 0) is 31.1 Å². The van der Waals surface area contributed by atoms with Crippen LogP contribution in [0.5, 0.6) is 0 Å². The minimum Gasteiger partial charge on any atom is -0.349 e. The maximum atomic E-state index is 11.9. The van der Waals surface area contributed by atoms with Crippen LogP contribution in [-0.2, 0) is 0 Å². The van der Waals surface area contributed by atoms with E-state index in [2.05, 4.69) is 29.1 Å². The molecule has 1 saturated carbocycles. The third kappa shape index (κ3) is 3.25. The van der Waals surface area contributed by atoms with E-state index in [0.717, 1.165) is 12.8 Å². The smallest absolute Gasteiger partial charge is 0.254 e. The average Bonchev–Trinajstić information content (AvgIpc) is 2.33. The molecule has 0 aliphatic heterocycles. The zero-order valence-corrected chi connectivity index (χ0v) is 10.4. The molecule has 0 radical (unpaired) electrons. The second kappa shape index (κ2) is 4.82. The SMILES string of the molecule is CC1(C)CCC(NC(=O)c2cncnc2)CC1. The van der Waals surface area contributed by atoms with Gasteiger partial charge in [0, 0.05) is 18.4 Å². The number of hydrogen-bond donors (Lipinski definition) is 1. The van der Waals surface area contributed by atoms with Crippen molar-refractivity contribution < 1.29 is 4.79 Å². The van der Waals surface area contributed by atoms with Gasteiger partial charge >= 0.3 is 0 Å². The first-order chi connectivity index (χ1) is 8.07. The molecule has 1 aliphatic rings. The van der Waals surface area contributed by atoms with E-state index in [1.807, 2.05) is 0 Å². The molecule has 4 heteroatoms. The van der Waals surface area contributed by atoms with Crippen LogP contribution in [0.1, 0.15) is 49.9 Å². The highest BCUT2D eigenvalue weighted by Crippen LogP contribution is 2.34. The predicted molar refractivity (Wildman–Crippen MR) is 65.5 cm³/mol. The van der Waals surface area contributed by atoms with E-state index in [1.165, 1.54) is 19.2 Å². The minimum atomic E-state index is -0.0599. The van der Waals surface area contributed by atoms with E-state index in [-0.39, 0.29) is 5.91 Å². The lowest BCUT2D eigenvalue weighted by molar-refractivity contribution is 0.0908. The molecule has 0 bridgehead atoms. The molecular weight excluding hydrogens is 214 g/mol. The van der Waals surface area contributed by atoms with E-state index >= 15 is 0 Å². The Kier molecular flexibility index (Phi) is 3.41. The van der Waals surface area contributed by atoms with Crippen LogP contribution in [0.4, 0.5) is 0 Å². The Balaban J connectivity index is 1.89. The van der Waals surface area contributed by atoms with Gasteiger partial charge in [-0.15, -0.1) is 0 Å². The van der Waals surface area contributed by atoms with Crippen molar-refractivity contribution in [3.63, 3.8) is 0 Å². The number of nitrogens with one attached hydrogen (secondary N) is 1. The van der Waals surface area contributed by atoms with Crippen molar-refractivity contribution >= 4 is 5.91 Å². The van der Waals surface area contributed by atoms with Gasteiger partial charge in [-0.25, -0.2) is 9.97 Å². The molecule has 1 aromatic rings. The summed E-state index contributed by atoms with van der Waals surface area (Å²) >= 11 is 0. The van der Waals surface area contributed by atoms with Crippen molar-refractivity contribution in [1.29, 1.82) is 0 Å². The number of amides is 1. The van der Waals surface area contributed by atoms with Crippen molar-refractivity contribution in [2.45, 2.75) is 45.6 Å². The number of rotatable bonds is 2. The fourth-order valence-corrected chi connectivity index (χ4v) is 2.23. The Morgan fingerprint density at radius 3 is 2.47 bits per heavy atom. The van der Waals surface area contributed by atoms with E-state index in [0.29, 0.717) is 17.0 Å². The number of carbonyl (C=O) groups is 1. The molecule has 1 fully saturated rings. The van der Waals surface area contributed by atoms with Crippen LogP contribution in [0.15, 0.2) is 18.7 Å². The van der Waals surface area contributed by atoms with Crippen molar-refractivity contribution in [2.24, 2.45) is 5.41 Å². The summed E-state index contributed by atoms with van der Waals surface area (Å²) in [5.41, 5.74) is 0.967. The van der Waals surface area contributed by atoms with E-state index in [9.17, 15) is 4.79 Å². The molecule has 0 spiro atoms. The highest BCUT2D eigenvalue weighted by Gasteiger charge is 2.27. The number of aromatic nitrogens is 2. The average molecular weight is 233 g/mol. The molecule has 4 nitrogen and oxygen atoms in total. The summed E-state index contributed by atoms with van der Waals surface area (Å²) in [6.07, 6.45) is 9.00. The summed E-state index contributed by atoms with van der Waals surface area (Å²) in [6.45, 7) is 4.58. The topological polar surface area (TPSA) is 54.9 Å². The molecule has 0 unspecified atom stereocenters. The molecule has 1 aromatic heterocycles. The predicted octanol–water partition coefficient (Wildman–Crippen LogP) is 2.18. The molecule has 17 heavy (non-hydrogen) atoms. The van der Waals surface area contributed by atoms with Gasteiger partial charge in [0.15, 0.2) is 0 Å². The lowest BCUT2D eigenvalue weighted by atomic mass is 9.75. The maximum absolute atomic E-state index is 11.9. The van der Waals surface area contributed by atoms with Gasteiger partial charge in [0.05, 0.1) is 5.56 Å². The van der Waals surface area contributed by atoms with Gasteiger partial charge in [-0.3, -0.25) is 4.79 Å². The van der Waals surface area contributed by atoms with Crippen LogP contribution >= 0.6 is 0 Å². The highest BCUT2D eigenvalue weighted by molar-refractivity contribution is 5.93. The summed E-state index contributed by atoms with van der Waals surface area (Å²) in [5.74, 6) is -0.0599. The van der Waals surface area contributed by atoms with Gasteiger partial charge in [-0.2, -0.15) is 0 Å². The second-order valence-electron chi connectivity index (χ2n) is 5.54. The van der Waals surface area contributed by atoms with E-state index in [1.54, 1.807) is 12.4 Å². The third-order valence-corrected chi connectivity index (χ3v) is 3.50. The van der Waals surface area contributed by atoms with Crippen LogP contribution in [0.2, 0.25) is 0 Å². The molecule has 0 saturated heterocycles. The summed E-state index contributed by atoms with van der Waals surface area (Å²) in [5, 5.41) is 3.05. The first kappa shape index (κ1) is 12.0. The van der Waals surface area contributed by atoms with Crippen LogP contribution in [0.3, 0.4) is 0 Å². The largest absolute Gasteiger partial charge is 0.349 e. The zero-order valence-electron chi connectivity index (χ0n) is 10.4. The summed E-state index contributed by atoms with van der Waals surface area (Å²) in [4.78, 5) is 19.6. The minimum absolute atomic E-state index is 0.0599. The van der Waals surface area contributed by atoms with E-state index in [4.69, 9.17) is 0 Å². The third-order valence-electron chi connectivity index (χ3n) is 3.50. The van der Waals surface area contributed by atoms with Crippen molar-refractivity contribution in [1.82, 2.24) is 15.3 Å². The monoisotopic (exact) mass is 233 g/mol. The van der Waals surface area contributed by atoms with Gasteiger partial charge < -0.3 is 5.32 Å². The molecule has 1 N–H and O–H groups in total. The Morgan fingerprint density at radius 2 is 1.88 bits per heavy atom. The van der Waals surface area contributed by atoms with Gasteiger partial charge in [0.2, 0.25) is 0 Å². The van der Waals surface area contributed by atoms with Crippen LogP contribution in [0.25, 0.3) is 0 Å². The second-order valence-corrected chi connectivity index (χ2v) is 5.54. The van der Waals surface area contributed by atoms with Crippen LogP contribution in [0, 0.1) is 5.41 Å². The number of hydrogen-bond acceptors (Lipinski definition) is 3. The van der Waals surface area contributed by atoms with Gasteiger partial charge in [0.1, 0.15) is 6.33 Å². The van der Waals surface area contributed by atoms with Gasteiger partial charge in [0.25, 0.3) is 5.91 Å². The molecular formula is C13H19N3O. The summed E-state index contributed by atoms with van der Waals surface area (Å²) < 4.78 is 0.